The molecule has 0 radical (unpaired) electrons. The van der Waals surface area contributed by atoms with Gasteiger partial charge in [0.1, 0.15) is 0 Å². The largest absolute Gasteiger partial charge is 0.307 e. The fourth-order valence-electron chi connectivity index (χ4n) is 0.169. The van der Waals surface area contributed by atoms with Gasteiger partial charge in [0.25, 0.3) is 0 Å². The summed E-state index contributed by atoms with van der Waals surface area (Å²) < 4.78 is 5.65. The SMILES string of the molecule is CC(=S)NSNC(C)=S. The molecule has 0 amide bonds. The number of hydrogen-bond donors (Lipinski definition) is 2. The van der Waals surface area contributed by atoms with Crippen LogP contribution in [0.3, 0.4) is 0 Å². The minimum atomic E-state index is 0.740. The lowest BCUT2D eigenvalue weighted by Gasteiger charge is -2.01. The summed E-state index contributed by atoms with van der Waals surface area (Å²) in [5.41, 5.74) is 0. The van der Waals surface area contributed by atoms with E-state index in [1.165, 1.54) is 12.1 Å². The smallest absolute Gasteiger partial charge is 0.0833 e. The first-order valence-corrected chi connectivity index (χ1v) is 3.95. The maximum absolute atomic E-state index is 4.73. The minimum Gasteiger partial charge on any atom is -0.307 e. The Balaban J connectivity index is 3.10. The zero-order valence-corrected chi connectivity index (χ0v) is 7.67. The number of nitrogens with one attached hydrogen (secondary N) is 2. The van der Waals surface area contributed by atoms with Crippen molar-refractivity contribution in [1.82, 2.24) is 9.44 Å². The van der Waals surface area contributed by atoms with E-state index in [1.54, 1.807) is 0 Å². The van der Waals surface area contributed by atoms with Gasteiger partial charge in [-0.3, -0.25) is 0 Å². The first kappa shape index (κ1) is 9.13. The normalized spacial score (nSPS) is 8.22. The molecule has 0 spiro atoms. The fraction of sp³-hybridized carbons (Fsp3) is 0.500. The Morgan fingerprint density at radius 3 is 1.67 bits per heavy atom. The Labute approximate surface area is 70.0 Å². The van der Waals surface area contributed by atoms with Crippen LogP contribution in [0.4, 0.5) is 0 Å². The first-order valence-electron chi connectivity index (χ1n) is 2.32. The Bertz CT molecular complexity index is 109. The second kappa shape index (κ2) is 4.96. The van der Waals surface area contributed by atoms with Gasteiger partial charge in [0.05, 0.1) is 22.1 Å². The molecule has 0 saturated heterocycles. The van der Waals surface area contributed by atoms with Gasteiger partial charge in [0.2, 0.25) is 0 Å². The highest BCUT2D eigenvalue weighted by Crippen LogP contribution is 1.85. The lowest BCUT2D eigenvalue weighted by atomic mass is 10.8. The van der Waals surface area contributed by atoms with Crippen molar-refractivity contribution in [2.45, 2.75) is 13.8 Å². The molecule has 2 N–H and O–H groups in total. The van der Waals surface area contributed by atoms with Crippen molar-refractivity contribution >= 4 is 46.5 Å². The molecule has 0 saturated carbocycles. The van der Waals surface area contributed by atoms with E-state index in [0.29, 0.717) is 0 Å². The van der Waals surface area contributed by atoms with E-state index in [2.05, 4.69) is 9.44 Å². The third-order valence-corrected chi connectivity index (χ3v) is 1.67. The van der Waals surface area contributed by atoms with Crippen molar-refractivity contribution in [2.75, 3.05) is 0 Å². The maximum atomic E-state index is 4.73. The maximum Gasteiger partial charge on any atom is 0.0833 e. The number of hydrogen-bond acceptors (Lipinski definition) is 3. The van der Waals surface area contributed by atoms with Gasteiger partial charge < -0.3 is 9.44 Å². The van der Waals surface area contributed by atoms with E-state index in [9.17, 15) is 0 Å². The molecule has 2 nitrogen and oxygen atoms in total. The standard InChI is InChI=1S/C4H8N2S3/c1-3(7)5-9-6-4(2)8/h1-2H3,(H,5,7)(H,6,8). The van der Waals surface area contributed by atoms with Gasteiger partial charge in [-0.25, -0.2) is 0 Å². The van der Waals surface area contributed by atoms with Gasteiger partial charge in [0, 0.05) is 0 Å². The van der Waals surface area contributed by atoms with Crippen LogP contribution in [-0.2, 0) is 0 Å². The zero-order chi connectivity index (χ0) is 7.28. The first-order chi connectivity index (χ1) is 4.13. The summed E-state index contributed by atoms with van der Waals surface area (Å²) in [4.78, 5) is 1.48. The molecule has 9 heavy (non-hydrogen) atoms. The Morgan fingerprint density at radius 1 is 1.11 bits per heavy atom. The molecule has 5 heteroatoms. The van der Waals surface area contributed by atoms with Crippen molar-refractivity contribution in [1.29, 1.82) is 0 Å². The predicted molar refractivity (Wildman–Crippen MR) is 50.4 cm³/mol. The van der Waals surface area contributed by atoms with E-state index in [-0.39, 0.29) is 0 Å². The van der Waals surface area contributed by atoms with Crippen LogP contribution < -0.4 is 9.44 Å². The summed E-state index contributed by atoms with van der Waals surface area (Å²) in [6, 6.07) is 0. The molecule has 0 aliphatic heterocycles. The Morgan fingerprint density at radius 2 is 1.44 bits per heavy atom. The summed E-state index contributed by atoms with van der Waals surface area (Å²) in [6.45, 7) is 3.62. The average Bonchev–Trinajstić information content (AvgIpc) is 1.63. The molecule has 0 aromatic carbocycles. The van der Waals surface area contributed by atoms with Gasteiger partial charge in [-0.05, 0) is 13.8 Å². The topological polar surface area (TPSA) is 24.1 Å². The zero-order valence-electron chi connectivity index (χ0n) is 5.22. The van der Waals surface area contributed by atoms with E-state index >= 15 is 0 Å². The fourth-order valence-corrected chi connectivity index (χ4v) is 0.758. The Kier molecular flexibility index (Phi) is 5.03. The summed E-state index contributed by atoms with van der Waals surface area (Å²) in [5.74, 6) is 0. The van der Waals surface area contributed by atoms with Crippen LogP contribution in [-0.4, -0.2) is 9.98 Å². The van der Waals surface area contributed by atoms with Crippen LogP contribution in [0.2, 0.25) is 0 Å². The molecule has 0 heterocycles. The molecule has 0 aliphatic rings. The van der Waals surface area contributed by atoms with Gasteiger partial charge in [-0.1, -0.05) is 24.4 Å². The van der Waals surface area contributed by atoms with Crippen LogP contribution >= 0.6 is 36.6 Å². The molecule has 0 rings (SSSR count). The second-order valence-electron chi connectivity index (χ2n) is 1.42. The third-order valence-electron chi connectivity index (χ3n) is 0.390. The van der Waals surface area contributed by atoms with Gasteiger partial charge in [0.15, 0.2) is 0 Å². The molecule has 0 aromatic rings. The van der Waals surface area contributed by atoms with Crippen molar-refractivity contribution in [2.24, 2.45) is 0 Å². The predicted octanol–water partition coefficient (Wildman–Crippen LogP) is 1.42. The molecule has 0 aromatic heterocycles. The average molecular weight is 180 g/mol. The van der Waals surface area contributed by atoms with Crippen LogP contribution in [0, 0.1) is 0 Å². The van der Waals surface area contributed by atoms with Crippen molar-refractivity contribution in [3.63, 3.8) is 0 Å². The summed E-state index contributed by atoms with van der Waals surface area (Å²) >= 11 is 10.8. The molecule has 0 unspecified atom stereocenters. The molecular formula is C4H8N2S3. The van der Waals surface area contributed by atoms with Gasteiger partial charge in [-0.15, -0.1) is 0 Å². The lowest BCUT2D eigenvalue weighted by Crippen LogP contribution is -2.18. The number of rotatable bonds is 2. The van der Waals surface area contributed by atoms with Crippen molar-refractivity contribution in [3.8, 4) is 0 Å². The molecule has 0 bridgehead atoms. The van der Waals surface area contributed by atoms with Gasteiger partial charge in [-0.2, -0.15) is 0 Å². The molecule has 0 aliphatic carbocycles. The van der Waals surface area contributed by atoms with Crippen LogP contribution in [0.25, 0.3) is 0 Å². The molecule has 0 fully saturated rings. The van der Waals surface area contributed by atoms with E-state index in [0.717, 1.165) is 9.98 Å². The molecule has 0 atom stereocenters. The quantitative estimate of drug-likeness (QED) is 0.494. The van der Waals surface area contributed by atoms with Crippen LogP contribution in [0.5, 0.6) is 0 Å². The summed E-state index contributed by atoms with van der Waals surface area (Å²) in [5, 5.41) is 0. The summed E-state index contributed by atoms with van der Waals surface area (Å²) in [6.07, 6.45) is 0. The lowest BCUT2D eigenvalue weighted by molar-refractivity contribution is 1.45. The summed E-state index contributed by atoms with van der Waals surface area (Å²) in [7, 11) is 0. The second-order valence-corrected chi connectivity index (χ2v) is 3.26. The molecule has 52 valence electrons. The monoisotopic (exact) mass is 180 g/mol. The number of thiocarbonyl (C=S) groups is 2. The third kappa shape index (κ3) is 8.13. The van der Waals surface area contributed by atoms with Crippen LogP contribution in [0.1, 0.15) is 13.8 Å². The minimum absolute atomic E-state index is 0.740. The molecular weight excluding hydrogens is 172 g/mol. The van der Waals surface area contributed by atoms with Crippen LogP contribution in [0.15, 0.2) is 0 Å². The van der Waals surface area contributed by atoms with Gasteiger partial charge >= 0.3 is 0 Å². The highest BCUT2D eigenvalue weighted by molar-refractivity contribution is 7.98. The van der Waals surface area contributed by atoms with Crippen molar-refractivity contribution in [3.05, 3.63) is 0 Å². The highest BCUT2D eigenvalue weighted by Gasteiger charge is 1.85. The Hall–Kier alpha value is 0.130. The van der Waals surface area contributed by atoms with E-state index in [4.69, 9.17) is 24.4 Å². The van der Waals surface area contributed by atoms with E-state index in [1.807, 2.05) is 13.8 Å². The highest BCUT2D eigenvalue weighted by atomic mass is 32.2. The van der Waals surface area contributed by atoms with E-state index < -0.39 is 0 Å². The van der Waals surface area contributed by atoms with Crippen molar-refractivity contribution < 1.29 is 0 Å².